The van der Waals surface area contributed by atoms with Crippen LogP contribution < -0.4 is 5.19 Å². The molecule has 122 valence electrons. The maximum Gasteiger partial charge on any atom is 0.420 e. The Kier molecular flexibility index (Phi) is 3.72. The van der Waals surface area contributed by atoms with Crippen molar-refractivity contribution < 1.29 is 33.6 Å². The van der Waals surface area contributed by atoms with Gasteiger partial charge in [0.25, 0.3) is 16.8 Å². The predicted molar refractivity (Wildman–Crippen MR) is 76.6 cm³/mol. The molecule has 1 aromatic carbocycles. The van der Waals surface area contributed by atoms with E-state index in [1.807, 2.05) is 0 Å². The summed E-state index contributed by atoms with van der Waals surface area (Å²) in [7, 11) is -3.32. The van der Waals surface area contributed by atoms with Gasteiger partial charge in [0, 0.05) is 6.92 Å². The summed E-state index contributed by atoms with van der Waals surface area (Å²) in [5.41, 5.74) is -1.40. The fourth-order valence-electron chi connectivity index (χ4n) is 2.72. The number of carbonyl (C=O) groups is 1. The topological polar surface area (TPSA) is 106 Å². The molecule has 8 nitrogen and oxygen atoms in total. The first-order chi connectivity index (χ1) is 10.9. The van der Waals surface area contributed by atoms with Crippen molar-refractivity contribution in [1.82, 2.24) is 0 Å². The molecule has 2 heterocycles. The summed E-state index contributed by atoms with van der Waals surface area (Å²) in [6, 6.07) is 7.10. The van der Waals surface area contributed by atoms with Gasteiger partial charge in [0.2, 0.25) is 6.08 Å². The van der Waals surface area contributed by atoms with Crippen molar-refractivity contribution in [2.24, 2.45) is 4.99 Å². The minimum absolute atomic E-state index is 0.223. The Balaban J connectivity index is 2.04. The van der Waals surface area contributed by atoms with E-state index in [0.717, 1.165) is 5.56 Å². The fourth-order valence-corrected chi connectivity index (χ4v) is 6.71. The van der Waals surface area contributed by atoms with E-state index in [1.54, 1.807) is 38.1 Å². The van der Waals surface area contributed by atoms with Gasteiger partial charge in [-0.3, -0.25) is 4.79 Å². The van der Waals surface area contributed by atoms with E-state index in [1.165, 1.54) is 13.0 Å². The molecule has 23 heavy (non-hydrogen) atoms. The van der Waals surface area contributed by atoms with Crippen LogP contribution in [0.3, 0.4) is 0 Å². The zero-order valence-electron chi connectivity index (χ0n) is 12.8. The van der Waals surface area contributed by atoms with Crippen molar-refractivity contribution in [2.45, 2.75) is 38.1 Å². The predicted octanol–water partition coefficient (Wildman–Crippen LogP) is 0.672. The maximum absolute atomic E-state index is 11.7. The molecule has 0 N–H and O–H groups in total. The normalized spacial score (nSPS) is 20.3. The number of carbonyl (C=O) groups excluding carboxylic acids is 2. The van der Waals surface area contributed by atoms with Gasteiger partial charge >= 0.3 is 8.32 Å². The van der Waals surface area contributed by atoms with Gasteiger partial charge in [0.15, 0.2) is 0 Å². The molecule has 0 aromatic heterocycles. The third-order valence-corrected chi connectivity index (χ3v) is 8.56. The number of benzene rings is 1. The summed E-state index contributed by atoms with van der Waals surface area (Å²) in [6.45, 7) is 4.90. The lowest BCUT2D eigenvalue weighted by atomic mass is 10.2. The monoisotopic (exact) mass is 337 g/mol. The standard InChI is InChI=1S/C14H15NO7Si/c1-10(17)18-23(13(2)19-20-13,14(3)21-22-14)12-6-4-11(5-7-12)8-15-9-16/h4-7H,8H2,1-3H3. The first-order valence-corrected chi connectivity index (χ1v) is 8.84. The van der Waals surface area contributed by atoms with Crippen molar-refractivity contribution in [3.8, 4) is 0 Å². The lowest BCUT2D eigenvalue weighted by Crippen LogP contribution is -2.71. The van der Waals surface area contributed by atoms with Crippen molar-refractivity contribution in [1.29, 1.82) is 0 Å². The molecule has 2 fully saturated rings. The third kappa shape index (κ3) is 2.53. The molecule has 2 saturated heterocycles. The second-order valence-electron chi connectivity index (χ2n) is 5.60. The lowest BCUT2D eigenvalue weighted by Gasteiger charge is -2.31. The summed E-state index contributed by atoms with van der Waals surface area (Å²) < 4.78 is 5.71. The van der Waals surface area contributed by atoms with Crippen LogP contribution in [0.2, 0.25) is 0 Å². The molecule has 0 saturated carbocycles. The summed E-state index contributed by atoms with van der Waals surface area (Å²) >= 11 is 0. The molecule has 0 unspecified atom stereocenters. The van der Waals surface area contributed by atoms with Gasteiger partial charge in [-0.25, -0.2) is 9.79 Å². The van der Waals surface area contributed by atoms with E-state index in [2.05, 4.69) is 4.99 Å². The van der Waals surface area contributed by atoms with E-state index >= 15 is 0 Å². The highest BCUT2D eigenvalue weighted by molar-refractivity contribution is 6.92. The Hall–Kier alpha value is -1.87. The summed E-state index contributed by atoms with van der Waals surface area (Å²) in [6.07, 6.45) is 1.49. The van der Waals surface area contributed by atoms with Gasteiger partial charge in [-0.15, -0.1) is 0 Å². The van der Waals surface area contributed by atoms with Crippen LogP contribution >= 0.6 is 0 Å². The van der Waals surface area contributed by atoms with Gasteiger partial charge in [-0.2, -0.15) is 19.6 Å². The Morgan fingerprint density at radius 3 is 2.09 bits per heavy atom. The highest BCUT2D eigenvalue weighted by Gasteiger charge is 2.84. The number of nitrogens with zero attached hydrogens (tertiary/aromatic N) is 1. The molecular formula is C14H15NO7Si. The van der Waals surface area contributed by atoms with E-state index in [-0.39, 0.29) is 6.54 Å². The molecule has 0 spiro atoms. The number of aliphatic imine (C=N–C) groups is 1. The molecule has 0 amide bonds. The Labute approximate surface area is 132 Å². The van der Waals surface area contributed by atoms with Crippen LogP contribution in [0.15, 0.2) is 29.3 Å². The van der Waals surface area contributed by atoms with E-state index < -0.39 is 25.1 Å². The van der Waals surface area contributed by atoms with Crippen LogP contribution in [-0.2, 0) is 40.1 Å². The lowest BCUT2D eigenvalue weighted by molar-refractivity contribution is -0.133. The highest BCUT2D eigenvalue weighted by atomic mass is 28.4. The number of hydrogen-bond donors (Lipinski definition) is 0. The van der Waals surface area contributed by atoms with Gasteiger partial charge in [-0.1, -0.05) is 24.3 Å². The van der Waals surface area contributed by atoms with Crippen molar-refractivity contribution in [2.75, 3.05) is 0 Å². The van der Waals surface area contributed by atoms with E-state index in [4.69, 9.17) is 24.0 Å². The number of hydrogen-bond acceptors (Lipinski definition) is 8. The minimum atomic E-state index is -3.32. The van der Waals surface area contributed by atoms with E-state index in [9.17, 15) is 9.59 Å². The first kappa shape index (κ1) is 16.0. The smallest absolute Gasteiger partial charge is 0.420 e. The molecule has 0 atom stereocenters. The van der Waals surface area contributed by atoms with E-state index in [0.29, 0.717) is 5.19 Å². The average molecular weight is 337 g/mol. The molecule has 0 aliphatic carbocycles. The van der Waals surface area contributed by atoms with Crippen LogP contribution in [-0.4, -0.2) is 31.2 Å². The van der Waals surface area contributed by atoms with Gasteiger partial charge in [0.05, 0.1) is 6.54 Å². The molecule has 9 heteroatoms. The SMILES string of the molecule is CC(=O)O[Si](c1ccc(CN=C=O)cc1)(C1(C)OO1)C1(C)OO1. The molecule has 0 bridgehead atoms. The highest BCUT2D eigenvalue weighted by Crippen LogP contribution is 2.51. The third-order valence-electron chi connectivity index (χ3n) is 3.93. The Morgan fingerprint density at radius 1 is 1.17 bits per heavy atom. The minimum Gasteiger partial charge on any atom is -0.503 e. The number of isocyanates is 1. The molecular weight excluding hydrogens is 322 g/mol. The van der Waals surface area contributed by atoms with Crippen molar-refractivity contribution in [3.05, 3.63) is 29.8 Å². The van der Waals surface area contributed by atoms with Gasteiger partial charge in [-0.05, 0) is 24.6 Å². The summed E-state index contributed by atoms with van der Waals surface area (Å²) in [5.74, 6) is -0.480. The van der Waals surface area contributed by atoms with Crippen LogP contribution in [0.4, 0.5) is 0 Å². The molecule has 1 aromatic rings. The molecule has 0 radical (unpaired) electrons. The Morgan fingerprint density at radius 2 is 1.70 bits per heavy atom. The molecule has 3 rings (SSSR count). The van der Waals surface area contributed by atoms with Crippen LogP contribution in [0.1, 0.15) is 26.3 Å². The summed E-state index contributed by atoms with van der Waals surface area (Å²) in [4.78, 5) is 46.0. The second-order valence-corrected chi connectivity index (χ2v) is 9.56. The zero-order chi connectivity index (χ0) is 16.7. The van der Waals surface area contributed by atoms with Crippen LogP contribution in [0, 0.1) is 0 Å². The van der Waals surface area contributed by atoms with Crippen molar-refractivity contribution >= 4 is 25.6 Å². The summed E-state index contributed by atoms with van der Waals surface area (Å²) in [5, 5.41) is 0.700. The van der Waals surface area contributed by atoms with Gasteiger partial charge in [0.1, 0.15) is 0 Å². The van der Waals surface area contributed by atoms with Crippen LogP contribution in [0.25, 0.3) is 0 Å². The van der Waals surface area contributed by atoms with Gasteiger partial charge < -0.3 is 4.43 Å². The Bertz CT molecular complexity index is 657. The largest absolute Gasteiger partial charge is 0.503 e. The molecule has 2 aliphatic rings. The average Bonchev–Trinajstić information content (AvgIpc) is 3.43. The molecule has 2 aliphatic heterocycles. The first-order valence-electron chi connectivity index (χ1n) is 6.93. The number of rotatable bonds is 6. The van der Waals surface area contributed by atoms with Crippen LogP contribution in [0.5, 0.6) is 0 Å². The van der Waals surface area contributed by atoms with Crippen molar-refractivity contribution in [3.63, 3.8) is 0 Å². The quantitative estimate of drug-likeness (QED) is 0.247. The second kappa shape index (κ2) is 5.34. The maximum atomic E-state index is 11.7. The fraction of sp³-hybridized carbons (Fsp3) is 0.429. The zero-order valence-corrected chi connectivity index (χ0v) is 13.8.